The number of halogens is 1. The van der Waals surface area contributed by atoms with Crippen molar-refractivity contribution in [2.24, 2.45) is 0 Å². The molecule has 0 spiro atoms. The quantitative estimate of drug-likeness (QED) is 0.227. The smallest absolute Gasteiger partial charge is 0.0959 e. The summed E-state index contributed by atoms with van der Waals surface area (Å²) in [6, 6.07) is 8.74. The van der Waals surface area contributed by atoms with E-state index >= 15 is 0 Å². The highest BCUT2D eigenvalue weighted by atomic mass is 35.5. The Bertz CT molecular complexity index is 1490. The van der Waals surface area contributed by atoms with Gasteiger partial charge in [0.15, 0.2) is 0 Å². The summed E-state index contributed by atoms with van der Waals surface area (Å²) in [6.07, 6.45) is 21.8. The molecule has 0 amide bonds. The number of anilines is 2. The summed E-state index contributed by atoms with van der Waals surface area (Å²) in [5.74, 6) is 2.84. The zero-order valence-electron chi connectivity index (χ0n) is 25.5. The molecule has 1 atom stereocenters. The molecule has 4 heterocycles. The van der Waals surface area contributed by atoms with Crippen LogP contribution in [0, 0.1) is 12.3 Å². The van der Waals surface area contributed by atoms with Crippen LogP contribution in [0.1, 0.15) is 82.9 Å². The second kappa shape index (κ2) is 12.6. The molecule has 4 N–H and O–H groups in total. The molecular formula is C34H43ClN8. The van der Waals surface area contributed by atoms with Crippen LogP contribution in [0.4, 0.5) is 11.4 Å². The number of nitrogens with zero attached hydrogens (tertiary/aromatic N) is 4. The molecule has 2 fully saturated rings. The van der Waals surface area contributed by atoms with Gasteiger partial charge >= 0.3 is 0 Å². The zero-order chi connectivity index (χ0) is 30.0. The van der Waals surface area contributed by atoms with Crippen molar-refractivity contribution in [1.82, 2.24) is 30.8 Å². The molecule has 2 aromatic heterocycles. The van der Waals surface area contributed by atoms with E-state index in [1.54, 1.807) is 12.4 Å². The van der Waals surface area contributed by atoms with Gasteiger partial charge in [0.25, 0.3) is 0 Å². The van der Waals surface area contributed by atoms with Crippen LogP contribution in [-0.2, 0) is 0 Å². The molecule has 0 radical (unpaired) electrons. The van der Waals surface area contributed by atoms with Gasteiger partial charge in [-0.1, -0.05) is 42.9 Å². The molecule has 1 saturated heterocycles. The van der Waals surface area contributed by atoms with Crippen molar-refractivity contribution in [2.45, 2.75) is 89.4 Å². The predicted molar refractivity (Wildman–Crippen MR) is 176 cm³/mol. The van der Waals surface area contributed by atoms with Gasteiger partial charge in [0.1, 0.15) is 0 Å². The fourth-order valence-corrected chi connectivity index (χ4v) is 6.88. The SMILES string of the molecule is C#Cc1cnc2c(Cl)cc(N[C@H](C3=CN(C4CCN(C(C)(C)C)CC4)NN3)c3cccnc3)cc2c1NC1CCCCC1. The number of nitrogens with one attached hydrogen (secondary N) is 4. The van der Waals surface area contributed by atoms with E-state index in [0.29, 0.717) is 17.1 Å². The molecular weight excluding hydrogens is 556 g/mol. The number of benzene rings is 1. The van der Waals surface area contributed by atoms with E-state index < -0.39 is 0 Å². The van der Waals surface area contributed by atoms with Crippen molar-refractivity contribution in [3.05, 3.63) is 70.9 Å². The highest BCUT2D eigenvalue weighted by molar-refractivity contribution is 6.35. The van der Waals surface area contributed by atoms with Gasteiger partial charge in [0, 0.05) is 66.6 Å². The normalized spacial score (nSPS) is 19.5. The summed E-state index contributed by atoms with van der Waals surface area (Å²) in [7, 11) is 0. The average Bonchev–Trinajstić information content (AvgIpc) is 3.51. The van der Waals surface area contributed by atoms with Crippen molar-refractivity contribution in [3.8, 4) is 12.3 Å². The lowest BCUT2D eigenvalue weighted by Crippen LogP contribution is -2.52. The second-order valence-corrected chi connectivity index (χ2v) is 13.4. The molecule has 1 aromatic carbocycles. The number of pyridine rings is 2. The van der Waals surface area contributed by atoms with E-state index in [1.807, 2.05) is 18.3 Å². The van der Waals surface area contributed by atoms with E-state index in [1.165, 1.54) is 19.3 Å². The standard InChI is InChI=1S/C34H43ClN8/c1-5-23-21-37-33-28(31(23)38-25-11-7-6-8-12-25)18-26(19-29(33)35)39-32(24-10-9-15-36-20-24)30-22-43(41-40-30)27-13-16-42(17-14-27)34(2,3)4/h1,9-10,15,18-22,25,27,32,39-41H,6-8,11-14,16-17H2,2-4H3,(H,37,38)/t32-/m0/s1. The Hall–Kier alpha value is -3.51. The summed E-state index contributed by atoms with van der Waals surface area (Å²) in [4.78, 5) is 11.6. The first-order valence-corrected chi connectivity index (χ1v) is 16.0. The summed E-state index contributed by atoms with van der Waals surface area (Å²) in [6.45, 7) is 9.05. The maximum atomic E-state index is 6.88. The minimum atomic E-state index is -0.187. The molecule has 2 aliphatic heterocycles. The fourth-order valence-electron chi connectivity index (χ4n) is 6.61. The summed E-state index contributed by atoms with van der Waals surface area (Å²) in [5.41, 5.74) is 12.4. The number of likely N-dealkylation sites (tertiary alicyclic amines) is 1. The Balaban J connectivity index is 1.30. The number of piperidine rings is 1. The third kappa shape index (κ3) is 6.54. The summed E-state index contributed by atoms with van der Waals surface area (Å²) >= 11 is 6.88. The largest absolute Gasteiger partial charge is 0.381 e. The molecule has 1 saturated carbocycles. The van der Waals surface area contributed by atoms with Crippen LogP contribution in [0.2, 0.25) is 5.02 Å². The van der Waals surface area contributed by atoms with Crippen LogP contribution in [0.5, 0.6) is 0 Å². The first kappa shape index (κ1) is 29.6. The monoisotopic (exact) mass is 598 g/mol. The zero-order valence-corrected chi connectivity index (χ0v) is 26.2. The van der Waals surface area contributed by atoms with Crippen LogP contribution in [-0.4, -0.2) is 50.6 Å². The molecule has 43 heavy (non-hydrogen) atoms. The van der Waals surface area contributed by atoms with E-state index in [9.17, 15) is 0 Å². The Labute approximate surface area is 260 Å². The maximum absolute atomic E-state index is 6.88. The van der Waals surface area contributed by atoms with E-state index in [4.69, 9.17) is 18.0 Å². The number of rotatable bonds is 7. The Morgan fingerprint density at radius 1 is 1.09 bits per heavy atom. The van der Waals surface area contributed by atoms with Gasteiger partial charge in [-0.2, -0.15) is 0 Å². The number of hydrazine groups is 2. The first-order chi connectivity index (χ1) is 20.8. The van der Waals surface area contributed by atoms with Gasteiger partial charge in [-0.05, 0) is 70.2 Å². The predicted octanol–water partition coefficient (Wildman–Crippen LogP) is 6.59. The van der Waals surface area contributed by atoms with Crippen molar-refractivity contribution < 1.29 is 0 Å². The second-order valence-electron chi connectivity index (χ2n) is 13.0. The molecule has 0 unspecified atom stereocenters. The minimum Gasteiger partial charge on any atom is -0.381 e. The van der Waals surface area contributed by atoms with Crippen LogP contribution < -0.4 is 21.6 Å². The van der Waals surface area contributed by atoms with E-state index in [-0.39, 0.29) is 11.6 Å². The maximum Gasteiger partial charge on any atom is 0.0959 e. The van der Waals surface area contributed by atoms with E-state index in [2.05, 4.69) is 86.5 Å². The minimum absolute atomic E-state index is 0.187. The lowest BCUT2D eigenvalue weighted by molar-refractivity contribution is 0.0570. The molecule has 3 aromatic rings. The van der Waals surface area contributed by atoms with Crippen molar-refractivity contribution in [3.63, 3.8) is 0 Å². The lowest BCUT2D eigenvalue weighted by Gasteiger charge is -2.42. The fraction of sp³-hybridized carbons (Fsp3) is 0.471. The lowest BCUT2D eigenvalue weighted by atomic mass is 9.94. The first-order valence-electron chi connectivity index (χ1n) is 15.6. The number of aromatic nitrogens is 2. The third-order valence-corrected chi connectivity index (χ3v) is 9.38. The molecule has 9 heteroatoms. The molecule has 8 nitrogen and oxygen atoms in total. The average molecular weight is 599 g/mol. The van der Waals surface area contributed by atoms with Gasteiger partial charge in [-0.3, -0.25) is 19.9 Å². The number of fused-ring (bicyclic) bond motifs is 1. The highest BCUT2D eigenvalue weighted by Gasteiger charge is 2.32. The van der Waals surface area contributed by atoms with Gasteiger partial charge < -0.3 is 16.1 Å². The van der Waals surface area contributed by atoms with Crippen molar-refractivity contribution >= 4 is 33.9 Å². The van der Waals surface area contributed by atoms with Crippen LogP contribution >= 0.6 is 11.6 Å². The van der Waals surface area contributed by atoms with Gasteiger partial charge in [-0.15, -0.1) is 12.0 Å². The highest BCUT2D eigenvalue weighted by Crippen LogP contribution is 2.37. The number of hydrogen-bond acceptors (Lipinski definition) is 8. The Kier molecular flexibility index (Phi) is 8.67. The molecule has 226 valence electrons. The van der Waals surface area contributed by atoms with Crippen LogP contribution in [0.15, 0.2) is 54.8 Å². The topological polar surface area (TPSA) is 80.4 Å². The van der Waals surface area contributed by atoms with Crippen molar-refractivity contribution in [2.75, 3.05) is 23.7 Å². The van der Waals surface area contributed by atoms with Crippen molar-refractivity contribution in [1.29, 1.82) is 0 Å². The van der Waals surface area contributed by atoms with Gasteiger partial charge in [0.05, 0.1) is 33.5 Å². The number of terminal acetylenes is 1. The summed E-state index contributed by atoms with van der Waals surface area (Å²) in [5, 5.41) is 11.3. The Morgan fingerprint density at radius 3 is 2.58 bits per heavy atom. The molecule has 1 aliphatic carbocycles. The third-order valence-electron chi connectivity index (χ3n) is 9.09. The molecule has 0 bridgehead atoms. The number of hydrogen-bond donors (Lipinski definition) is 4. The molecule has 3 aliphatic rings. The summed E-state index contributed by atoms with van der Waals surface area (Å²) < 4.78 is 0. The van der Waals surface area contributed by atoms with Crippen LogP contribution in [0.3, 0.4) is 0 Å². The van der Waals surface area contributed by atoms with E-state index in [0.717, 1.165) is 77.9 Å². The van der Waals surface area contributed by atoms with Crippen LogP contribution in [0.25, 0.3) is 10.9 Å². The van der Waals surface area contributed by atoms with Gasteiger partial charge in [0.2, 0.25) is 0 Å². The Morgan fingerprint density at radius 2 is 1.88 bits per heavy atom. The molecule has 6 rings (SSSR count). The van der Waals surface area contributed by atoms with Gasteiger partial charge in [-0.25, -0.2) is 0 Å².